The molecule has 27 heavy (non-hydrogen) atoms. The van der Waals surface area contributed by atoms with Crippen molar-refractivity contribution in [2.45, 2.75) is 6.42 Å². The third-order valence-corrected chi connectivity index (χ3v) is 4.00. The molecule has 4 aromatic rings. The number of ether oxygens (including phenoxy) is 2. The van der Waals surface area contributed by atoms with E-state index in [9.17, 15) is 0 Å². The van der Waals surface area contributed by atoms with Gasteiger partial charge in [-0.15, -0.1) is 5.10 Å². The largest absolute Gasteiger partial charge is 0.491 e. The van der Waals surface area contributed by atoms with E-state index in [-0.39, 0.29) is 0 Å². The Morgan fingerprint density at radius 3 is 2.67 bits per heavy atom. The van der Waals surface area contributed by atoms with E-state index >= 15 is 0 Å². The molecule has 0 spiro atoms. The van der Waals surface area contributed by atoms with Gasteiger partial charge in [0.05, 0.1) is 24.7 Å². The first-order valence-corrected chi connectivity index (χ1v) is 8.50. The van der Waals surface area contributed by atoms with Gasteiger partial charge in [-0.3, -0.25) is 4.68 Å². The minimum absolute atomic E-state index is 0.507. The molecule has 3 heterocycles. The van der Waals surface area contributed by atoms with E-state index in [0.29, 0.717) is 36.6 Å². The van der Waals surface area contributed by atoms with Crippen LogP contribution in [0.15, 0.2) is 42.9 Å². The zero-order valence-electron chi connectivity index (χ0n) is 15.1. The lowest BCUT2D eigenvalue weighted by Gasteiger charge is -2.07. The van der Waals surface area contributed by atoms with E-state index in [1.54, 1.807) is 22.7 Å². The van der Waals surface area contributed by atoms with Crippen molar-refractivity contribution in [1.29, 1.82) is 0 Å². The predicted octanol–water partition coefficient (Wildman–Crippen LogP) is 1.56. The number of rotatable bonds is 7. The van der Waals surface area contributed by atoms with E-state index in [4.69, 9.17) is 9.47 Å². The summed E-state index contributed by atoms with van der Waals surface area (Å²) < 4.78 is 14.0. The van der Waals surface area contributed by atoms with Gasteiger partial charge >= 0.3 is 0 Å². The van der Waals surface area contributed by atoms with Crippen LogP contribution in [0.3, 0.4) is 0 Å². The molecule has 3 aromatic heterocycles. The molecule has 0 amide bonds. The van der Waals surface area contributed by atoms with Gasteiger partial charge in [-0.05, 0) is 29.8 Å². The van der Waals surface area contributed by atoms with Crippen molar-refractivity contribution in [3.8, 4) is 11.4 Å². The monoisotopic (exact) mass is 365 g/mol. The molecule has 0 saturated carbocycles. The lowest BCUT2D eigenvalue weighted by Crippen LogP contribution is -2.04. The van der Waals surface area contributed by atoms with Crippen LogP contribution in [0.1, 0.15) is 11.4 Å². The standard InChI is InChI=1S/C18H19N7O2/c1-24-12-13(10-20-24)9-17-19-11-16-18(21-17)25(23-22-16)14-3-5-15(6-4-14)27-8-7-26-2/h3-6,10-12H,7-9H2,1-2H3. The van der Waals surface area contributed by atoms with Gasteiger partial charge in [0.25, 0.3) is 0 Å². The fraction of sp³-hybridized carbons (Fsp3) is 0.278. The average Bonchev–Trinajstić information content (AvgIpc) is 3.28. The molecule has 0 aliphatic rings. The summed E-state index contributed by atoms with van der Waals surface area (Å²) in [5.74, 6) is 1.46. The summed E-state index contributed by atoms with van der Waals surface area (Å²) in [6.07, 6.45) is 6.05. The van der Waals surface area contributed by atoms with Gasteiger partial charge in [0.15, 0.2) is 11.2 Å². The van der Waals surface area contributed by atoms with E-state index in [2.05, 4.69) is 25.4 Å². The number of hydrogen-bond donors (Lipinski definition) is 0. The smallest absolute Gasteiger partial charge is 0.187 e. The fourth-order valence-electron chi connectivity index (χ4n) is 2.69. The van der Waals surface area contributed by atoms with Crippen molar-refractivity contribution in [1.82, 2.24) is 34.7 Å². The second-order valence-corrected chi connectivity index (χ2v) is 6.03. The third kappa shape index (κ3) is 3.77. The van der Waals surface area contributed by atoms with E-state index < -0.39 is 0 Å². The zero-order valence-corrected chi connectivity index (χ0v) is 15.1. The molecule has 9 nitrogen and oxygen atoms in total. The van der Waals surface area contributed by atoms with Crippen molar-refractivity contribution >= 4 is 11.2 Å². The van der Waals surface area contributed by atoms with Crippen LogP contribution in [-0.2, 0) is 18.2 Å². The fourth-order valence-corrected chi connectivity index (χ4v) is 2.69. The summed E-state index contributed by atoms with van der Waals surface area (Å²) in [5, 5.41) is 12.5. The van der Waals surface area contributed by atoms with Crippen molar-refractivity contribution in [3.05, 3.63) is 54.2 Å². The highest BCUT2D eigenvalue weighted by Crippen LogP contribution is 2.18. The Morgan fingerprint density at radius 1 is 1.07 bits per heavy atom. The maximum absolute atomic E-state index is 5.59. The van der Waals surface area contributed by atoms with Crippen LogP contribution in [0.5, 0.6) is 5.75 Å². The van der Waals surface area contributed by atoms with Crippen LogP contribution in [0.2, 0.25) is 0 Å². The quantitative estimate of drug-likeness (QED) is 0.459. The van der Waals surface area contributed by atoms with Gasteiger partial charge in [0.1, 0.15) is 18.2 Å². The summed E-state index contributed by atoms with van der Waals surface area (Å²) in [6, 6.07) is 7.60. The first-order valence-electron chi connectivity index (χ1n) is 8.50. The number of aryl methyl sites for hydroxylation is 1. The number of nitrogens with zero attached hydrogens (tertiary/aromatic N) is 7. The van der Waals surface area contributed by atoms with Crippen LogP contribution in [0, 0.1) is 0 Å². The molecule has 4 rings (SSSR count). The Labute approximate surface area is 155 Å². The number of hydrogen-bond acceptors (Lipinski definition) is 7. The van der Waals surface area contributed by atoms with Gasteiger partial charge in [-0.2, -0.15) is 9.78 Å². The van der Waals surface area contributed by atoms with Crippen LogP contribution >= 0.6 is 0 Å². The molecule has 0 fully saturated rings. The second kappa shape index (κ2) is 7.50. The number of fused-ring (bicyclic) bond motifs is 1. The molecule has 0 N–H and O–H groups in total. The van der Waals surface area contributed by atoms with Gasteiger partial charge in [-0.1, -0.05) is 5.21 Å². The van der Waals surface area contributed by atoms with Crippen molar-refractivity contribution in [3.63, 3.8) is 0 Å². The third-order valence-electron chi connectivity index (χ3n) is 4.00. The van der Waals surface area contributed by atoms with Gasteiger partial charge < -0.3 is 9.47 Å². The number of benzene rings is 1. The van der Waals surface area contributed by atoms with Crippen LogP contribution in [-0.4, -0.2) is 55.1 Å². The average molecular weight is 365 g/mol. The summed E-state index contributed by atoms with van der Waals surface area (Å²) >= 11 is 0. The highest BCUT2D eigenvalue weighted by atomic mass is 16.5. The SMILES string of the molecule is COCCOc1ccc(-n2nnc3cnc(Cc4cnn(C)c4)nc32)cc1. The van der Waals surface area contributed by atoms with Crippen LogP contribution in [0.25, 0.3) is 16.9 Å². The Balaban J connectivity index is 1.59. The Morgan fingerprint density at radius 2 is 1.93 bits per heavy atom. The van der Waals surface area contributed by atoms with Crippen molar-refractivity contribution in [2.24, 2.45) is 7.05 Å². The van der Waals surface area contributed by atoms with Gasteiger partial charge in [-0.25, -0.2) is 9.97 Å². The molecular weight excluding hydrogens is 346 g/mol. The summed E-state index contributed by atoms with van der Waals surface area (Å²) in [6.45, 7) is 1.05. The first-order chi connectivity index (χ1) is 13.2. The van der Waals surface area contributed by atoms with E-state index in [1.807, 2.05) is 43.7 Å². The topological polar surface area (TPSA) is 92.8 Å². The number of methoxy groups -OCH3 is 1. The highest BCUT2D eigenvalue weighted by Gasteiger charge is 2.11. The highest BCUT2D eigenvalue weighted by molar-refractivity contribution is 5.70. The first kappa shape index (κ1) is 17.1. The maximum atomic E-state index is 5.59. The number of aromatic nitrogens is 7. The molecule has 0 unspecified atom stereocenters. The molecule has 0 bridgehead atoms. The predicted molar refractivity (Wildman–Crippen MR) is 97.8 cm³/mol. The Kier molecular flexibility index (Phi) is 4.75. The second-order valence-electron chi connectivity index (χ2n) is 6.03. The van der Waals surface area contributed by atoms with Gasteiger partial charge in [0, 0.05) is 26.8 Å². The minimum atomic E-state index is 0.507. The molecule has 0 atom stereocenters. The summed E-state index contributed by atoms with van der Waals surface area (Å²) in [4.78, 5) is 9.02. The molecule has 0 aliphatic heterocycles. The van der Waals surface area contributed by atoms with Crippen LogP contribution < -0.4 is 4.74 Å². The molecule has 1 aromatic carbocycles. The lowest BCUT2D eigenvalue weighted by molar-refractivity contribution is 0.146. The van der Waals surface area contributed by atoms with Crippen molar-refractivity contribution < 1.29 is 9.47 Å². The Hall–Kier alpha value is -3.33. The normalized spacial score (nSPS) is 11.2. The van der Waals surface area contributed by atoms with Crippen molar-refractivity contribution in [2.75, 3.05) is 20.3 Å². The molecule has 0 saturated heterocycles. The molecular formula is C18H19N7O2. The Bertz CT molecular complexity index is 1040. The van der Waals surface area contributed by atoms with Gasteiger partial charge in [0.2, 0.25) is 0 Å². The summed E-state index contributed by atoms with van der Waals surface area (Å²) in [7, 11) is 3.53. The maximum Gasteiger partial charge on any atom is 0.187 e. The molecule has 0 radical (unpaired) electrons. The summed E-state index contributed by atoms with van der Waals surface area (Å²) in [5.41, 5.74) is 3.21. The molecule has 138 valence electrons. The molecule has 0 aliphatic carbocycles. The van der Waals surface area contributed by atoms with E-state index in [0.717, 1.165) is 17.0 Å². The lowest BCUT2D eigenvalue weighted by atomic mass is 10.2. The zero-order chi connectivity index (χ0) is 18.6. The van der Waals surface area contributed by atoms with Crippen LogP contribution in [0.4, 0.5) is 0 Å². The van der Waals surface area contributed by atoms with E-state index in [1.165, 1.54) is 0 Å². The molecule has 9 heteroatoms. The minimum Gasteiger partial charge on any atom is -0.491 e.